The van der Waals surface area contributed by atoms with Gasteiger partial charge in [-0.1, -0.05) is 24.3 Å². The maximum Gasteiger partial charge on any atom is 0.274 e. The van der Waals surface area contributed by atoms with Gasteiger partial charge in [-0.25, -0.2) is 13.9 Å². The average molecular weight is 696 g/mol. The Morgan fingerprint density at radius 2 is 1.34 bits per heavy atom. The normalized spacial score (nSPS) is 14.8. The van der Waals surface area contributed by atoms with Gasteiger partial charge in [-0.15, -0.1) is 0 Å². The number of ether oxygens (including phenoxy) is 3. The van der Waals surface area contributed by atoms with E-state index in [1.54, 1.807) is 31.8 Å². The van der Waals surface area contributed by atoms with E-state index >= 15 is 0 Å². The van der Waals surface area contributed by atoms with Crippen LogP contribution in [0.4, 0.5) is 0 Å². The van der Waals surface area contributed by atoms with Crippen LogP contribution in [0.5, 0.6) is 11.5 Å². The van der Waals surface area contributed by atoms with Gasteiger partial charge in [0.25, 0.3) is 5.91 Å². The number of aliphatic hydroxyl groups is 1. The van der Waals surface area contributed by atoms with Gasteiger partial charge < -0.3 is 28.5 Å². The number of amides is 1. The number of methoxy groups -OCH3 is 2. The molecule has 3 N–H and O–H groups in total. The summed E-state index contributed by atoms with van der Waals surface area (Å²) in [5, 5.41) is 22.9. The quantitative estimate of drug-likeness (QED) is 0.0910. The van der Waals surface area contributed by atoms with Crippen molar-refractivity contribution in [2.24, 2.45) is 0 Å². The largest absolute Gasteiger partial charge is 0.497 e. The first kappa shape index (κ1) is 33.4. The SMILES string of the molecule is COCCOc1ccc(Cn2ccc3c(-c4cc(C5(O)CS(=O)(=O)C5)cc5c4ccn5Cc4ccc(OC)cc4)cc(C(=O)NO)cc32)cc1. The summed E-state index contributed by atoms with van der Waals surface area (Å²) in [6.45, 7) is 1.95. The van der Waals surface area contributed by atoms with Crippen LogP contribution in [-0.4, -0.2) is 72.7 Å². The highest BCUT2D eigenvalue weighted by molar-refractivity contribution is 7.92. The lowest BCUT2D eigenvalue weighted by molar-refractivity contribution is 0.0690. The summed E-state index contributed by atoms with van der Waals surface area (Å²) in [5.41, 5.74) is 5.91. The summed E-state index contributed by atoms with van der Waals surface area (Å²) < 4.78 is 44.8. The number of hydrogen-bond donors (Lipinski definition) is 3. The number of carbonyl (C=O) groups is 1. The second kappa shape index (κ2) is 13.3. The van der Waals surface area contributed by atoms with Crippen LogP contribution >= 0.6 is 0 Å². The molecule has 7 rings (SSSR count). The van der Waals surface area contributed by atoms with E-state index in [0.717, 1.165) is 50.0 Å². The van der Waals surface area contributed by atoms with Gasteiger partial charge in [-0.2, -0.15) is 0 Å². The first-order valence-corrected chi connectivity index (χ1v) is 17.9. The molecule has 0 radical (unpaired) electrons. The zero-order valence-electron chi connectivity index (χ0n) is 27.6. The van der Waals surface area contributed by atoms with Crippen molar-refractivity contribution < 1.29 is 37.7 Å². The minimum Gasteiger partial charge on any atom is -0.497 e. The average Bonchev–Trinajstić information content (AvgIpc) is 3.71. The van der Waals surface area contributed by atoms with Crippen LogP contribution in [-0.2, 0) is 33.3 Å². The molecule has 1 aliphatic rings. The number of fused-ring (bicyclic) bond motifs is 2. The van der Waals surface area contributed by atoms with E-state index in [9.17, 15) is 23.5 Å². The highest BCUT2D eigenvalue weighted by atomic mass is 32.2. The molecular weight excluding hydrogens is 658 g/mol. The zero-order valence-corrected chi connectivity index (χ0v) is 28.4. The summed E-state index contributed by atoms with van der Waals surface area (Å²) in [4.78, 5) is 12.9. The van der Waals surface area contributed by atoms with Crippen LogP contribution < -0.4 is 15.0 Å². The lowest BCUT2D eigenvalue weighted by Gasteiger charge is -2.36. The Morgan fingerprint density at radius 3 is 1.88 bits per heavy atom. The fraction of sp³-hybridized carbons (Fsp3) is 0.237. The second-order valence-corrected chi connectivity index (χ2v) is 14.7. The minimum absolute atomic E-state index is 0.234. The van der Waals surface area contributed by atoms with Crippen molar-refractivity contribution in [3.63, 3.8) is 0 Å². The summed E-state index contributed by atoms with van der Waals surface area (Å²) in [5.74, 6) is 0.0524. The predicted molar refractivity (Wildman–Crippen MR) is 190 cm³/mol. The van der Waals surface area contributed by atoms with Crippen molar-refractivity contribution in [1.82, 2.24) is 14.6 Å². The van der Waals surface area contributed by atoms with E-state index in [2.05, 4.69) is 4.57 Å². The van der Waals surface area contributed by atoms with Crippen LogP contribution in [0.15, 0.2) is 97.3 Å². The van der Waals surface area contributed by atoms with Crippen molar-refractivity contribution in [2.45, 2.75) is 18.7 Å². The number of nitrogens with zero attached hydrogens (tertiary/aromatic N) is 2. The number of hydrogen-bond acceptors (Lipinski definition) is 8. The van der Waals surface area contributed by atoms with Crippen molar-refractivity contribution in [1.29, 1.82) is 0 Å². The maximum absolute atomic E-state index is 12.9. The number of sulfone groups is 1. The van der Waals surface area contributed by atoms with Gasteiger partial charge in [0.2, 0.25) is 0 Å². The van der Waals surface area contributed by atoms with Crippen LogP contribution in [0, 0.1) is 0 Å². The molecule has 1 aliphatic heterocycles. The first-order valence-electron chi connectivity index (χ1n) is 16.1. The molecule has 1 fully saturated rings. The molecule has 4 aromatic carbocycles. The van der Waals surface area contributed by atoms with Crippen molar-refractivity contribution in [3.8, 4) is 22.6 Å². The van der Waals surface area contributed by atoms with E-state index in [4.69, 9.17) is 14.2 Å². The molecule has 0 atom stereocenters. The third-order valence-corrected chi connectivity index (χ3v) is 11.1. The Bertz CT molecular complexity index is 2300. The molecule has 0 saturated carbocycles. The molecule has 50 heavy (non-hydrogen) atoms. The zero-order chi connectivity index (χ0) is 35.0. The van der Waals surface area contributed by atoms with E-state index in [1.165, 1.54) is 0 Å². The molecule has 11 nitrogen and oxygen atoms in total. The standard InChI is InChI=1S/C38H37N3O8S/c1-47-15-16-49-30-9-5-26(6-10-30)21-40-13-11-31-33(17-27(18-35(31)40)37(42)39-44)34-19-28(38(43)23-50(45,46)24-38)20-36-32(34)12-14-41(36)22-25-3-7-29(48-2)8-4-25/h3-14,17-20,43-44H,15-16,21-24H2,1-2H3,(H,39,42). The number of rotatable bonds is 12. The van der Waals surface area contributed by atoms with E-state index in [0.29, 0.717) is 37.4 Å². The molecule has 6 aromatic rings. The second-order valence-electron chi connectivity index (χ2n) is 12.6. The molecular formula is C38H37N3O8S. The molecule has 0 bridgehead atoms. The van der Waals surface area contributed by atoms with Gasteiger partial charge in [-0.05, 0) is 88.5 Å². The lowest BCUT2D eigenvalue weighted by Crippen LogP contribution is -2.52. The smallest absolute Gasteiger partial charge is 0.274 e. The van der Waals surface area contributed by atoms with Gasteiger partial charge >= 0.3 is 0 Å². The molecule has 1 saturated heterocycles. The van der Waals surface area contributed by atoms with Gasteiger partial charge in [0.15, 0.2) is 9.84 Å². The van der Waals surface area contributed by atoms with Gasteiger partial charge in [-0.3, -0.25) is 10.0 Å². The Hall–Kier alpha value is -5.14. The number of hydroxylamine groups is 1. The van der Waals surface area contributed by atoms with Crippen molar-refractivity contribution >= 4 is 37.6 Å². The fourth-order valence-corrected chi connectivity index (χ4v) is 8.39. The number of benzene rings is 4. The van der Waals surface area contributed by atoms with Crippen LogP contribution in [0.25, 0.3) is 32.9 Å². The monoisotopic (exact) mass is 695 g/mol. The Kier molecular flexibility index (Phi) is 8.87. The van der Waals surface area contributed by atoms with E-state index in [1.807, 2.05) is 89.8 Å². The predicted octanol–water partition coefficient (Wildman–Crippen LogP) is 5.13. The number of aromatic nitrogens is 2. The number of carbonyl (C=O) groups excluding carboxylic acids is 1. The summed E-state index contributed by atoms with van der Waals surface area (Å²) >= 11 is 0. The highest BCUT2D eigenvalue weighted by Gasteiger charge is 2.48. The van der Waals surface area contributed by atoms with Crippen LogP contribution in [0.3, 0.4) is 0 Å². The molecule has 1 amide bonds. The van der Waals surface area contributed by atoms with Crippen LogP contribution in [0.2, 0.25) is 0 Å². The lowest BCUT2D eigenvalue weighted by atomic mass is 9.89. The van der Waals surface area contributed by atoms with E-state index < -0.39 is 21.3 Å². The van der Waals surface area contributed by atoms with Crippen molar-refractivity contribution in [3.05, 3.63) is 120 Å². The Morgan fingerprint density at radius 1 is 0.780 bits per heavy atom. The first-order chi connectivity index (χ1) is 24.1. The topological polar surface area (TPSA) is 141 Å². The van der Waals surface area contributed by atoms with Gasteiger partial charge in [0.05, 0.1) is 25.2 Å². The molecule has 0 unspecified atom stereocenters. The van der Waals surface area contributed by atoms with Crippen LogP contribution in [0.1, 0.15) is 27.0 Å². The summed E-state index contributed by atoms with van der Waals surface area (Å²) in [6, 6.07) is 26.6. The molecule has 2 aromatic heterocycles. The summed E-state index contributed by atoms with van der Waals surface area (Å²) in [6.07, 6.45) is 3.90. The fourth-order valence-electron chi connectivity index (χ4n) is 6.69. The van der Waals surface area contributed by atoms with Crippen molar-refractivity contribution in [2.75, 3.05) is 38.9 Å². The molecule has 0 spiro atoms. The third-order valence-electron chi connectivity index (χ3n) is 9.23. The molecule has 12 heteroatoms. The molecule has 258 valence electrons. The van der Waals surface area contributed by atoms with E-state index in [-0.39, 0.29) is 17.1 Å². The Balaban J connectivity index is 1.35. The summed E-state index contributed by atoms with van der Waals surface area (Å²) in [7, 11) is -0.137. The molecule has 3 heterocycles. The molecule has 0 aliphatic carbocycles. The van der Waals surface area contributed by atoms with Gasteiger partial charge in [0, 0.05) is 60.0 Å². The van der Waals surface area contributed by atoms with Gasteiger partial charge in [0.1, 0.15) is 23.7 Å². The maximum atomic E-state index is 12.9. The minimum atomic E-state index is -3.38. The number of nitrogens with one attached hydrogen (secondary N) is 1. The Labute approximate surface area is 289 Å². The third kappa shape index (κ3) is 6.46. The highest BCUT2D eigenvalue weighted by Crippen LogP contribution is 2.42.